The van der Waals surface area contributed by atoms with Crippen molar-refractivity contribution in [2.45, 2.75) is 70.9 Å². The average molecular weight is 264 g/mol. The van der Waals surface area contributed by atoms with E-state index in [4.69, 9.17) is 10.5 Å². The van der Waals surface area contributed by atoms with Crippen molar-refractivity contribution in [3.8, 4) is 0 Å². The molecule has 0 unspecified atom stereocenters. The lowest BCUT2D eigenvalue weighted by atomic mass is 9.84. The molecule has 1 aliphatic rings. The van der Waals surface area contributed by atoms with E-state index < -0.39 is 5.54 Å². The van der Waals surface area contributed by atoms with Gasteiger partial charge in [-0.25, -0.2) is 0 Å². The van der Waals surface area contributed by atoms with Crippen LogP contribution in [-0.2, 0) is 9.53 Å². The van der Waals surface area contributed by atoms with Crippen LogP contribution in [0.15, 0.2) is 0 Å². The van der Waals surface area contributed by atoms with Crippen LogP contribution in [0.5, 0.6) is 0 Å². The molecule has 4 heteroatoms. The van der Waals surface area contributed by atoms with E-state index in [0.29, 0.717) is 0 Å². The number of rotatable bonds is 4. The summed E-state index contributed by atoms with van der Waals surface area (Å²) in [5.74, 6) is 0.567. The molecule has 0 radical (unpaired) electrons. The molecule has 0 aromatic rings. The highest BCUT2D eigenvalue weighted by atomic mass is 35.5. The summed E-state index contributed by atoms with van der Waals surface area (Å²) in [4.78, 5) is 11.6. The van der Waals surface area contributed by atoms with Crippen molar-refractivity contribution in [1.29, 1.82) is 0 Å². The Hall–Kier alpha value is -0.280. The summed E-state index contributed by atoms with van der Waals surface area (Å²) < 4.78 is 5.42. The van der Waals surface area contributed by atoms with Gasteiger partial charge in [0.25, 0.3) is 0 Å². The van der Waals surface area contributed by atoms with Gasteiger partial charge in [-0.2, -0.15) is 0 Å². The van der Waals surface area contributed by atoms with E-state index in [1.165, 1.54) is 25.7 Å². The molecule has 0 aliphatic heterocycles. The monoisotopic (exact) mass is 263 g/mol. The lowest BCUT2D eigenvalue weighted by Gasteiger charge is -2.30. The minimum Gasteiger partial charge on any atom is -0.461 e. The molecule has 17 heavy (non-hydrogen) atoms. The summed E-state index contributed by atoms with van der Waals surface area (Å²) in [6.45, 7) is 5.61. The van der Waals surface area contributed by atoms with Crippen LogP contribution in [0.1, 0.15) is 59.3 Å². The van der Waals surface area contributed by atoms with Crippen molar-refractivity contribution in [2.75, 3.05) is 0 Å². The minimum absolute atomic E-state index is 0. The number of carbonyl (C=O) groups excluding carboxylic acids is 1. The van der Waals surface area contributed by atoms with Gasteiger partial charge in [0.15, 0.2) is 0 Å². The zero-order chi connectivity index (χ0) is 12.2. The standard InChI is InChI=1S/C13H25NO2.ClH/c1-4-5-10-6-8-11(9-7-10)16-12(15)13(2,3)14;/h10-11H,4-9,14H2,1-3H3;1H/t10-,11-;. The van der Waals surface area contributed by atoms with Crippen LogP contribution in [0.2, 0.25) is 0 Å². The zero-order valence-electron chi connectivity index (χ0n) is 11.2. The predicted octanol–water partition coefficient (Wildman–Crippen LogP) is 3.05. The van der Waals surface area contributed by atoms with Crippen molar-refractivity contribution >= 4 is 18.4 Å². The van der Waals surface area contributed by atoms with Gasteiger partial charge in [-0.15, -0.1) is 12.4 Å². The maximum atomic E-state index is 11.6. The molecule has 0 saturated heterocycles. The first-order chi connectivity index (χ1) is 7.43. The van der Waals surface area contributed by atoms with Crippen LogP contribution in [0.3, 0.4) is 0 Å². The fourth-order valence-electron chi connectivity index (χ4n) is 2.25. The molecule has 0 amide bonds. The average Bonchev–Trinajstić information content (AvgIpc) is 2.20. The van der Waals surface area contributed by atoms with E-state index in [2.05, 4.69) is 6.92 Å². The van der Waals surface area contributed by atoms with Gasteiger partial charge in [0, 0.05) is 0 Å². The Kier molecular flexibility index (Phi) is 7.10. The molecule has 102 valence electrons. The quantitative estimate of drug-likeness (QED) is 0.793. The summed E-state index contributed by atoms with van der Waals surface area (Å²) in [6.07, 6.45) is 7.06. The van der Waals surface area contributed by atoms with E-state index in [9.17, 15) is 4.79 Å². The molecule has 2 N–H and O–H groups in total. The summed E-state index contributed by atoms with van der Waals surface area (Å²) in [5, 5.41) is 0. The smallest absolute Gasteiger partial charge is 0.325 e. The number of esters is 1. The number of hydrogen-bond donors (Lipinski definition) is 1. The first kappa shape index (κ1) is 16.7. The third-order valence-corrected chi connectivity index (χ3v) is 3.29. The number of ether oxygens (including phenoxy) is 1. The maximum absolute atomic E-state index is 11.6. The molecule has 0 heterocycles. The molecule has 3 nitrogen and oxygen atoms in total. The summed E-state index contributed by atoms with van der Waals surface area (Å²) >= 11 is 0. The Morgan fingerprint density at radius 3 is 2.24 bits per heavy atom. The Bertz CT molecular complexity index is 230. The van der Waals surface area contributed by atoms with Crippen molar-refractivity contribution in [2.24, 2.45) is 11.7 Å². The first-order valence-corrected chi connectivity index (χ1v) is 6.43. The fourth-order valence-corrected chi connectivity index (χ4v) is 2.25. The van der Waals surface area contributed by atoms with Crippen molar-refractivity contribution < 1.29 is 9.53 Å². The third kappa shape index (κ3) is 5.73. The van der Waals surface area contributed by atoms with Gasteiger partial charge >= 0.3 is 5.97 Å². The number of halogens is 1. The molecule has 1 aliphatic carbocycles. The van der Waals surface area contributed by atoms with Gasteiger partial charge in [0.2, 0.25) is 0 Å². The Labute approximate surface area is 111 Å². The summed E-state index contributed by atoms with van der Waals surface area (Å²) in [5.41, 5.74) is 4.84. The number of nitrogens with two attached hydrogens (primary N) is 1. The van der Waals surface area contributed by atoms with Crippen LogP contribution in [0.25, 0.3) is 0 Å². The van der Waals surface area contributed by atoms with Gasteiger partial charge in [-0.3, -0.25) is 4.79 Å². The Balaban J connectivity index is 0.00000256. The van der Waals surface area contributed by atoms with E-state index in [1.807, 2.05) is 0 Å². The molecule has 1 rings (SSSR count). The van der Waals surface area contributed by atoms with E-state index in [0.717, 1.165) is 18.8 Å². The predicted molar refractivity (Wildman–Crippen MR) is 72.3 cm³/mol. The zero-order valence-corrected chi connectivity index (χ0v) is 12.0. The molecule has 1 saturated carbocycles. The van der Waals surface area contributed by atoms with Crippen molar-refractivity contribution in [3.05, 3.63) is 0 Å². The summed E-state index contributed by atoms with van der Waals surface area (Å²) in [6, 6.07) is 0. The molecular formula is C13H26ClNO2. The topological polar surface area (TPSA) is 52.3 Å². The van der Waals surface area contributed by atoms with Crippen molar-refractivity contribution in [3.63, 3.8) is 0 Å². The second-order valence-electron chi connectivity index (χ2n) is 5.56. The van der Waals surface area contributed by atoms with Crippen molar-refractivity contribution in [1.82, 2.24) is 0 Å². The molecule has 0 aromatic carbocycles. The van der Waals surface area contributed by atoms with Crippen LogP contribution >= 0.6 is 12.4 Å². The normalized spacial score (nSPS) is 24.9. The van der Waals surface area contributed by atoms with Crippen LogP contribution in [0, 0.1) is 5.92 Å². The highest BCUT2D eigenvalue weighted by Crippen LogP contribution is 2.29. The van der Waals surface area contributed by atoms with Crippen LogP contribution in [-0.4, -0.2) is 17.6 Å². The first-order valence-electron chi connectivity index (χ1n) is 6.43. The molecule has 1 fully saturated rings. The fraction of sp³-hybridized carbons (Fsp3) is 0.923. The number of carbonyl (C=O) groups is 1. The summed E-state index contributed by atoms with van der Waals surface area (Å²) in [7, 11) is 0. The van der Waals surface area contributed by atoms with Gasteiger partial charge in [0.1, 0.15) is 11.6 Å². The van der Waals surface area contributed by atoms with Gasteiger partial charge in [-0.05, 0) is 45.4 Å². The largest absolute Gasteiger partial charge is 0.461 e. The third-order valence-electron chi connectivity index (χ3n) is 3.29. The molecule has 0 aromatic heterocycles. The molecule has 0 bridgehead atoms. The van der Waals surface area contributed by atoms with Gasteiger partial charge in [-0.1, -0.05) is 19.8 Å². The highest BCUT2D eigenvalue weighted by molar-refractivity contribution is 5.85. The second-order valence-corrected chi connectivity index (χ2v) is 5.56. The second kappa shape index (κ2) is 7.22. The number of hydrogen-bond acceptors (Lipinski definition) is 3. The lowest BCUT2D eigenvalue weighted by molar-refractivity contribution is -0.156. The highest BCUT2D eigenvalue weighted by Gasteiger charge is 2.29. The van der Waals surface area contributed by atoms with Crippen LogP contribution in [0.4, 0.5) is 0 Å². The molecule has 0 atom stereocenters. The molecular weight excluding hydrogens is 238 g/mol. The van der Waals surface area contributed by atoms with Gasteiger partial charge < -0.3 is 10.5 Å². The van der Waals surface area contributed by atoms with E-state index in [-0.39, 0.29) is 24.5 Å². The minimum atomic E-state index is -0.861. The lowest BCUT2D eigenvalue weighted by Crippen LogP contribution is -2.44. The Morgan fingerprint density at radius 2 is 1.82 bits per heavy atom. The van der Waals surface area contributed by atoms with E-state index >= 15 is 0 Å². The Morgan fingerprint density at radius 1 is 1.29 bits per heavy atom. The van der Waals surface area contributed by atoms with Gasteiger partial charge in [0.05, 0.1) is 0 Å². The van der Waals surface area contributed by atoms with Crippen LogP contribution < -0.4 is 5.73 Å². The van der Waals surface area contributed by atoms with E-state index in [1.54, 1.807) is 13.8 Å². The maximum Gasteiger partial charge on any atom is 0.325 e. The molecule has 0 spiro atoms. The SMILES string of the molecule is CCC[C@H]1CC[C@H](OC(=O)C(C)(C)N)CC1.Cl.